The van der Waals surface area contributed by atoms with E-state index in [0.717, 1.165) is 43.2 Å². The van der Waals surface area contributed by atoms with Gasteiger partial charge in [0.15, 0.2) is 11.5 Å². The van der Waals surface area contributed by atoms with Gasteiger partial charge in [0, 0.05) is 35.9 Å². The summed E-state index contributed by atoms with van der Waals surface area (Å²) in [6.45, 7) is 6.82. The molecule has 1 saturated heterocycles. The Morgan fingerprint density at radius 2 is 1.79 bits per heavy atom. The molecule has 4 rings (SSSR count). The van der Waals surface area contributed by atoms with Crippen LogP contribution in [0.1, 0.15) is 26.9 Å². The largest absolute Gasteiger partial charge is 0.493 e. The molecular formula is C24H28N2O2S. The Balaban J connectivity index is 1.60. The van der Waals surface area contributed by atoms with Gasteiger partial charge in [-0.15, -0.1) is 11.3 Å². The number of rotatable bonds is 7. The Bertz CT molecular complexity index is 920. The summed E-state index contributed by atoms with van der Waals surface area (Å²) in [5.74, 6) is 1.56. The van der Waals surface area contributed by atoms with Gasteiger partial charge in [-0.05, 0) is 42.3 Å². The predicted octanol–water partition coefficient (Wildman–Crippen LogP) is 4.64. The molecule has 4 nitrogen and oxygen atoms in total. The number of piperazine rings is 1. The second-order valence-electron chi connectivity index (χ2n) is 7.32. The molecule has 2 aromatic carbocycles. The van der Waals surface area contributed by atoms with Crippen LogP contribution in [0.25, 0.3) is 0 Å². The number of hydrogen-bond acceptors (Lipinski definition) is 5. The number of methoxy groups -OCH3 is 1. The van der Waals surface area contributed by atoms with Gasteiger partial charge in [-0.1, -0.05) is 36.4 Å². The zero-order chi connectivity index (χ0) is 20.1. The predicted molar refractivity (Wildman–Crippen MR) is 119 cm³/mol. The van der Waals surface area contributed by atoms with Crippen molar-refractivity contribution in [2.45, 2.75) is 19.6 Å². The summed E-state index contributed by atoms with van der Waals surface area (Å²) in [5.41, 5.74) is 2.39. The van der Waals surface area contributed by atoms with E-state index >= 15 is 0 Å². The molecule has 0 saturated carbocycles. The number of aryl methyl sites for hydroxylation is 1. The van der Waals surface area contributed by atoms with Gasteiger partial charge >= 0.3 is 0 Å². The lowest BCUT2D eigenvalue weighted by Crippen LogP contribution is -2.45. The molecule has 29 heavy (non-hydrogen) atoms. The summed E-state index contributed by atoms with van der Waals surface area (Å²) in [4.78, 5) is 5.28. The fraction of sp³-hybridized carbons (Fsp3) is 0.333. The molecule has 2 heterocycles. The number of nitrogens with zero attached hydrogens (tertiary/aromatic N) is 1. The van der Waals surface area contributed by atoms with Crippen molar-refractivity contribution in [2.24, 2.45) is 0 Å². The first-order chi connectivity index (χ1) is 14.2. The van der Waals surface area contributed by atoms with Crippen LogP contribution in [0, 0.1) is 6.92 Å². The standard InChI is InChI=1S/C24H28N2O2S/c1-18-8-11-23(29-18)24(26-14-12-25-13-15-26)20-9-10-21(22(16-20)27-2)28-17-19-6-4-3-5-7-19/h3-11,16,24-25H,12-15,17H2,1-2H3. The Kier molecular flexibility index (Phi) is 6.49. The van der Waals surface area contributed by atoms with Crippen LogP contribution in [-0.4, -0.2) is 38.2 Å². The van der Waals surface area contributed by atoms with E-state index in [2.05, 4.69) is 53.5 Å². The summed E-state index contributed by atoms with van der Waals surface area (Å²) >= 11 is 1.88. The summed E-state index contributed by atoms with van der Waals surface area (Å²) < 4.78 is 11.8. The van der Waals surface area contributed by atoms with Crippen LogP contribution in [0.15, 0.2) is 60.7 Å². The third kappa shape index (κ3) is 4.81. The summed E-state index contributed by atoms with van der Waals surface area (Å²) in [7, 11) is 1.71. The molecule has 1 atom stereocenters. The SMILES string of the molecule is COc1cc(C(c2ccc(C)s2)N2CCNCC2)ccc1OCc1ccccc1. The third-order valence-electron chi connectivity index (χ3n) is 5.29. The highest BCUT2D eigenvalue weighted by molar-refractivity contribution is 7.12. The summed E-state index contributed by atoms with van der Waals surface area (Å²) in [6.07, 6.45) is 0. The average molecular weight is 409 g/mol. The normalized spacial score (nSPS) is 15.8. The number of ether oxygens (including phenoxy) is 2. The van der Waals surface area contributed by atoms with Gasteiger partial charge in [-0.3, -0.25) is 4.90 Å². The Morgan fingerprint density at radius 1 is 1.00 bits per heavy atom. The van der Waals surface area contributed by atoms with Gasteiger partial charge in [0.25, 0.3) is 0 Å². The monoisotopic (exact) mass is 408 g/mol. The number of benzene rings is 2. The van der Waals surface area contributed by atoms with Crippen LogP contribution in [0.2, 0.25) is 0 Å². The molecule has 1 aliphatic heterocycles. The maximum absolute atomic E-state index is 6.06. The second kappa shape index (κ2) is 9.44. The van der Waals surface area contributed by atoms with E-state index in [4.69, 9.17) is 9.47 Å². The fourth-order valence-corrected chi connectivity index (χ4v) is 4.85. The number of hydrogen-bond donors (Lipinski definition) is 1. The van der Waals surface area contributed by atoms with Crippen LogP contribution in [0.4, 0.5) is 0 Å². The van der Waals surface area contributed by atoms with Gasteiger partial charge < -0.3 is 14.8 Å². The van der Waals surface area contributed by atoms with Gasteiger partial charge in [0.2, 0.25) is 0 Å². The Labute approximate surface area is 177 Å². The molecule has 1 unspecified atom stereocenters. The molecule has 1 aliphatic rings. The highest BCUT2D eigenvalue weighted by atomic mass is 32.1. The van der Waals surface area contributed by atoms with Crippen LogP contribution < -0.4 is 14.8 Å². The lowest BCUT2D eigenvalue weighted by Gasteiger charge is -2.35. The van der Waals surface area contributed by atoms with Crippen molar-refractivity contribution in [1.29, 1.82) is 0 Å². The Morgan fingerprint density at radius 3 is 2.48 bits per heavy atom. The quantitative estimate of drug-likeness (QED) is 0.618. The smallest absolute Gasteiger partial charge is 0.161 e. The maximum atomic E-state index is 6.06. The van der Waals surface area contributed by atoms with Crippen molar-refractivity contribution < 1.29 is 9.47 Å². The lowest BCUT2D eigenvalue weighted by molar-refractivity contribution is 0.200. The van der Waals surface area contributed by atoms with Gasteiger partial charge in [-0.25, -0.2) is 0 Å². The molecule has 3 aromatic rings. The molecule has 1 aromatic heterocycles. The zero-order valence-corrected chi connectivity index (χ0v) is 17.9. The van der Waals surface area contributed by atoms with E-state index in [1.807, 2.05) is 35.6 Å². The molecule has 0 spiro atoms. The zero-order valence-electron chi connectivity index (χ0n) is 17.1. The van der Waals surface area contributed by atoms with E-state index in [1.54, 1.807) is 7.11 Å². The van der Waals surface area contributed by atoms with Crippen molar-refractivity contribution in [3.8, 4) is 11.5 Å². The molecule has 0 radical (unpaired) electrons. The van der Waals surface area contributed by atoms with Crippen molar-refractivity contribution in [3.63, 3.8) is 0 Å². The van der Waals surface area contributed by atoms with E-state index in [0.29, 0.717) is 6.61 Å². The highest BCUT2D eigenvalue weighted by Gasteiger charge is 2.26. The minimum Gasteiger partial charge on any atom is -0.493 e. The molecule has 0 aliphatic carbocycles. The fourth-order valence-electron chi connectivity index (χ4n) is 3.80. The maximum Gasteiger partial charge on any atom is 0.161 e. The number of nitrogens with one attached hydrogen (secondary N) is 1. The van der Waals surface area contributed by atoms with Gasteiger partial charge in [-0.2, -0.15) is 0 Å². The van der Waals surface area contributed by atoms with E-state index < -0.39 is 0 Å². The second-order valence-corrected chi connectivity index (χ2v) is 8.64. The molecular weight excluding hydrogens is 380 g/mol. The minimum absolute atomic E-state index is 0.243. The van der Waals surface area contributed by atoms with Crippen LogP contribution in [0.3, 0.4) is 0 Å². The topological polar surface area (TPSA) is 33.7 Å². The van der Waals surface area contributed by atoms with Gasteiger partial charge in [0.1, 0.15) is 6.61 Å². The molecule has 152 valence electrons. The molecule has 5 heteroatoms. The molecule has 1 N–H and O–H groups in total. The van der Waals surface area contributed by atoms with Crippen LogP contribution in [0.5, 0.6) is 11.5 Å². The van der Waals surface area contributed by atoms with Crippen molar-refractivity contribution in [1.82, 2.24) is 10.2 Å². The van der Waals surface area contributed by atoms with Gasteiger partial charge in [0.05, 0.1) is 13.2 Å². The van der Waals surface area contributed by atoms with Crippen LogP contribution >= 0.6 is 11.3 Å². The molecule has 0 bridgehead atoms. The van der Waals surface area contributed by atoms with Crippen LogP contribution in [-0.2, 0) is 6.61 Å². The first-order valence-corrected chi connectivity index (χ1v) is 10.9. The van der Waals surface area contributed by atoms with E-state index in [-0.39, 0.29) is 6.04 Å². The Hall–Kier alpha value is -2.34. The minimum atomic E-state index is 0.243. The summed E-state index contributed by atoms with van der Waals surface area (Å²) in [5, 5.41) is 3.46. The van der Waals surface area contributed by atoms with Crippen molar-refractivity contribution >= 4 is 11.3 Å². The van der Waals surface area contributed by atoms with E-state index in [1.165, 1.54) is 15.3 Å². The lowest BCUT2D eigenvalue weighted by atomic mass is 10.0. The first-order valence-electron chi connectivity index (χ1n) is 10.1. The molecule has 1 fully saturated rings. The molecule has 0 amide bonds. The first kappa shape index (κ1) is 20.0. The van der Waals surface area contributed by atoms with Crippen molar-refractivity contribution in [2.75, 3.05) is 33.3 Å². The average Bonchev–Trinajstić information content (AvgIpc) is 3.20. The summed E-state index contributed by atoms with van der Waals surface area (Å²) in [6, 6.07) is 21.3. The highest BCUT2D eigenvalue weighted by Crippen LogP contribution is 2.38. The third-order valence-corrected chi connectivity index (χ3v) is 6.34. The van der Waals surface area contributed by atoms with E-state index in [9.17, 15) is 0 Å². The number of thiophene rings is 1. The van der Waals surface area contributed by atoms with Crippen molar-refractivity contribution in [3.05, 3.63) is 81.5 Å².